The minimum atomic E-state index is -1.22. The quantitative estimate of drug-likeness (QED) is 0.447. The minimum Gasteiger partial charge on any atom is -0.507 e. The van der Waals surface area contributed by atoms with Crippen LogP contribution < -0.4 is 5.32 Å². The van der Waals surface area contributed by atoms with Gasteiger partial charge in [0.25, 0.3) is 0 Å². The fourth-order valence-electron chi connectivity index (χ4n) is 2.25. The van der Waals surface area contributed by atoms with Crippen molar-refractivity contribution in [3.8, 4) is 5.75 Å². The summed E-state index contributed by atoms with van der Waals surface area (Å²) in [5.41, 5.74) is 0.178. The molecule has 0 aliphatic heterocycles. The maximum absolute atomic E-state index is 11.8. The van der Waals surface area contributed by atoms with Gasteiger partial charge in [0.2, 0.25) is 5.91 Å². The average molecular weight is 307 g/mol. The Morgan fingerprint density at radius 1 is 1.05 bits per heavy atom. The van der Waals surface area contributed by atoms with E-state index in [9.17, 15) is 14.7 Å². The number of carboxylic acid groups (broad SMARTS) is 1. The third kappa shape index (κ3) is 6.61. The topological polar surface area (TPSA) is 86.6 Å². The maximum atomic E-state index is 11.8. The standard InChI is InChI=1S/C17H25NO4/c1-2-3-4-5-6-7-8-9-16(20)18-13-10-11-15(19)14(12-13)17(21)22/h10-12,19H,2-9H2,1H3,(H,18,20)(H,21,22). The van der Waals surface area contributed by atoms with Gasteiger partial charge in [0.15, 0.2) is 0 Å². The van der Waals surface area contributed by atoms with Gasteiger partial charge in [-0.05, 0) is 24.6 Å². The highest BCUT2D eigenvalue weighted by molar-refractivity contribution is 5.95. The molecule has 0 saturated heterocycles. The highest BCUT2D eigenvalue weighted by atomic mass is 16.4. The van der Waals surface area contributed by atoms with Gasteiger partial charge in [0.1, 0.15) is 11.3 Å². The number of anilines is 1. The molecule has 0 bridgehead atoms. The van der Waals surface area contributed by atoms with Crippen molar-refractivity contribution < 1.29 is 19.8 Å². The third-order valence-corrected chi connectivity index (χ3v) is 3.52. The molecule has 1 amide bonds. The second kappa shape index (κ2) is 9.82. The van der Waals surface area contributed by atoms with Crippen LogP contribution in [0.5, 0.6) is 5.75 Å². The predicted molar refractivity (Wildman–Crippen MR) is 86.3 cm³/mol. The largest absolute Gasteiger partial charge is 0.507 e. The third-order valence-electron chi connectivity index (χ3n) is 3.52. The number of carboxylic acids is 1. The van der Waals surface area contributed by atoms with Gasteiger partial charge in [-0.2, -0.15) is 0 Å². The lowest BCUT2D eigenvalue weighted by molar-refractivity contribution is -0.116. The zero-order chi connectivity index (χ0) is 16.4. The van der Waals surface area contributed by atoms with Crippen molar-refractivity contribution in [3.05, 3.63) is 23.8 Å². The summed E-state index contributed by atoms with van der Waals surface area (Å²) in [6, 6.07) is 4.03. The van der Waals surface area contributed by atoms with E-state index >= 15 is 0 Å². The number of rotatable bonds is 10. The molecule has 5 nitrogen and oxygen atoms in total. The minimum absolute atomic E-state index is 0.129. The van der Waals surface area contributed by atoms with E-state index in [1.807, 2.05) is 0 Å². The summed E-state index contributed by atoms with van der Waals surface area (Å²) in [4.78, 5) is 22.7. The summed E-state index contributed by atoms with van der Waals surface area (Å²) in [5, 5.41) is 21.0. The molecule has 0 atom stereocenters. The molecule has 122 valence electrons. The Balaban J connectivity index is 2.30. The maximum Gasteiger partial charge on any atom is 0.339 e. The molecule has 3 N–H and O–H groups in total. The van der Waals surface area contributed by atoms with Gasteiger partial charge in [0, 0.05) is 12.1 Å². The second-order valence-corrected chi connectivity index (χ2v) is 5.46. The number of carbonyl (C=O) groups is 2. The van der Waals surface area contributed by atoms with Gasteiger partial charge in [-0.1, -0.05) is 45.4 Å². The summed E-state index contributed by atoms with van der Waals surface area (Å²) < 4.78 is 0. The molecule has 0 spiro atoms. The predicted octanol–water partition coefficient (Wildman–Crippen LogP) is 4.17. The average Bonchev–Trinajstić information content (AvgIpc) is 2.48. The Bertz CT molecular complexity index is 499. The zero-order valence-corrected chi connectivity index (χ0v) is 13.1. The number of hydrogen-bond donors (Lipinski definition) is 3. The van der Waals surface area contributed by atoms with Crippen molar-refractivity contribution in [2.24, 2.45) is 0 Å². The molecule has 0 unspecified atom stereocenters. The SMILES string of the molecule is CCCCCCCCCC(=O)Nc1ccc(O)c(C(=O)O)c1. The molecule has 1 aromatic carbocycles. The molecule has 0 aliphatic carbocycles. The summed E-state index contributed by atoms with van der Waals surface area (Å²) in [6.07, 6.45) is 8.42. The number of aromatic hydroxyl groups is 1. The number of aromatic carboxylic acids is 1. The van der Waals surface area contributed by atoms with Crippen LogP contribution in [-0.4, -0.2) is 22.1 Å². The van der Waals surface area contributed by atoms with Crippen LogP contribution in [0.15, 0.2) is 18.2 Å². The Morgan fingerprint density at radius 3 is 2.32 bits per heavy atom. The van der Waals surface area contributed by atoms with Crippen molar-refractivity contribution in [3.63, 3.8) is 0 Å². The van der Waals surface area contributed by atoms with E-state index in [4.69, 9.17) is 5.11 Å². The first-order valence-corrected chi connectivity index (χ1v) is 7.90. The summed E-state index contributed by atoms with van der Waals surface area (Å²) in [6.45, 7) is 2.18. The van der Waals surface area contributed by atoms with Crippen LogP contribution in [0.2, 0.25) is 0 Å². The number of hydrogen-bond acceptors (Lipinski definition) is 3. The van der Waals surface area contributed by atoms with Crippen LogP contribution in [0, 0.1) is 0 Å². The van der Waals surface area contributed by atoms with Gasteiger partial charge >= 0.3 is 5.97 Å². The van der Waals surface area contributed by atoms with Crippen molar-refractivity contribution >= 4 is 17.6 Å². The Hall–Kier alpha value is -2.04. The van der Waals surface area contributed by atoms with E-state index in [1.54, 1.807) is 0 Å². The smallest absolute Gasteiger partial charge is 0.339 e. The molecule has 0 fully saturated rings. The van der Waals surface area contributed by atoms with Crippen LogP contribution in [0.1, 0.15) is 68.6 Å². The number of amides is 1. The first-order valence-electron chi connectivity index (χ1n) is 7.90. The highest BCUT2D eigenvalue weighted by Gasteiger charge is 2.11. The lowest BCUT2D eigenvalue weighted by atomic mass is 10.1. The van der Waals surface area contributed by atoms with Crippen molar-refractivity contribution in [1.82, 2.24) is 0 Å². The van der Waals surface area contributed by atoms with Gasteiger partial charge in [0.05, 0.1) is 0 Å². The molecule has 0 radical (unpaired) electrons. The molecular formula is C17H25NO4. The molecule has 0 aliphatic rings. The molecule has 5 heteroatoms. The molecular weight excluding hydrogens is 282 g/mol. The van der Waals surface area contributed by atoms with Crippen LogP contribution in [0.3, 0.4) is 0 Å². The first kappa shape index (κ1) is 18.0. The summed E-state index contributed by atoms with van der Waals surface area (Å²) in [5.74, 6) is -1.66. The number of nitrogens with one attached hydrogen (secondary N) is 1. The molecule has 1 aromatic rings. The fraction of sp³-hybridized carbons (Fsp3) is 0.529. The Kier molecular flexibility index (Phi) is 8.04. The van der Waals surface area contributed by atoms with Crippen molar-refractivity contribution in [1.29, 1.82) is 0 Å². The molecule has 1 rings (SSSR count). The van der Waals surface area contributed by atoms with Gasteiger partial charge < -0.3 is 15.5 Å². The first-order chi connectivity index (χ1) is 10.5. The summed E-state index contributed by atoms with van der Waals surface area (Å²) >= 11 is 0. The van der Waals surface area contributed by atoms with E-state index in [2.05, 4.69) is 12.2 Å². The number of carbonyl (C=O) groups excluding carboxylic acids is 1. The molecule has 22 heavy (non-hydrogen) atoms. The Labute approximate surface area is 131 Å². The van der Waals surface area contributed by atoms with E-state index in [0.29, 0.717) is 12.1 Å². The molecule has 0 aromatic heterocycles. The lowest BCUT2D eigenvalue weighted by Gasteiger charge is -2.07. The number of unbranched alkanes of at least 4 members (excludes halogenated alkanes) is 6. The lowest BCUT2D eigenvalue weighted by Crippen LogP contribution is -2.11. The van der Waals surface area contributed by atoms with Crippen molar-refractivity contribution in [2.45, 2.75) is 58.3 Å². The normalized spacial score (nSPS) is 10.4. The number of benzene rings is 1. The monoisotopic (exact) mass is 307 g/mol. The van der Waals surface area contributed by atoms with Crippen LogP contribution in [-0.2, 0) is 4.79 Å². The van der Waals surface area contributed by atoms with E-state index < -0.39 is 5.97 Å². The van der Waals surface area contributed by atoms with Gasteiger partial charge in [-0.25, -0.2) is 4.79 Å². The number of phenols is 1. The van der Waals surface area contributed by atoms with E-state index in [0.717, 1.165) is 19.3 Å². The van der Waals surface area contributed by atoms with Gasteiger partial charge in [-0.15, -0.1) is 0 Å². The summed E-state index contributed by atoms with van der Waals surface area (Å²) in [7, 11) is 0. The molecule has 0 saturated carbocycles. The van der Waals surface area contributed by atoms with E-state index in [1.165, 1.54) is 43.9 Å². The van der Waals surface area contributed by atoms with E-state index in [-0.39, 0.29) is 17.2 Å². The molecule has 0 heterocycles. The van der Waals surface area contributed by atoms with Crippen molar-refractivity contribution in [2.75, 3.05) is 5.32 Å². The van der Waals surface area contributed by atoms with Crippen LogP contribution in [0.25, 0.3) is 0 Å². The van der Waals surface area contributed by atoms with Gasteiger partial charge in [-0.3, -0.25) is 4.79 Å². The second-order valence-electron chi connectivity index (χ2n) is 5.46. The fourth-order valence-corrected chi connectivity index (χ4v) is 2.25. The van der Waals surface area contributed by atoms with Crippen LogP contribution in [0.4, 0.5) is 5.69 Å². The zero-order valence-electron chi connectivity index (χ0n) is 13.1. The highest BCUT2D eigenvalue weighted by Crippen LogP contribution is 2.21. The Morgan fingerprint density at radius 2 is 1.68 bits per heavy atom. The van der Waals surface area contributed by atoms with Crippen LogP contribution >= 0.6 is 0 Å².